The highest BCUT2D eigenvalue weighted by molar-refractivity contribution is 6.31. The van der Waals surface area contributed by atoms with Crippen LogP contribution in [-0.4, -0.2) is 47.0 Å². The Morgan fingerprint density at radius 3 is 2.65 bits per heavy atom. The van der Waals surface area contributed by atoms with Crippen LogP contribution >= 0.6 is 23.2 Å². The standard InChI is InChI=1S/C27H28Cl2FN3O4/c1-26(2,3)14-21-27(17-12-19(30)18(29)13-20(17)32-25(27)36)22(15-7-6-8-16(28)11-15)23(33(21)37)24(35)31-9-4-5-10-34/h4-8,10-13,21-23,37H,9,14H2,1-3H3,(H,31,35)(H,32,36)/b5-4+. The number of hydroxylamine groups is 2. The Hall–Kier alpha value is -2.78. The van der Waals surface area contributed by atoms with Crippen molar-refractivity contribution in [1.82, 2.24) is 10.4 Å². The highest BCUT2D eigenvalue weighted by atomic mass is 35.5. The lowest BCUT2D eigenvalue weighted by atomic mass is 9.62. The molecule has 2 heterocycles. The van der Waals surface area contributed by atoms with Gasteiger partial charge >= 0.3 is 0 Å². The van der Waals surface area contributed by atoms with Gasteiger partial charge in [-0.3, -0.25) is 14.4 Å². The zero-order chi connectivity index (χ0) is 27.1. The van der Waals surface area contributed by atoms with Crippen LogP contribution in [0.3, 0.4) is 0 Å². The van der Waals surface area contributed by atoms with Crippen molar-refractivity contribution < 1.29 is 24.0 Å². The van der Waals surface area contributed by atoms with Crippen molar-refractivity contribution in [3.05, 3.63) is 75.5 Å². The minimum absolute atomic E-state index is 0.0358. The summed E-state index contributed by atoms with van der Waals surface area (Å²) in [5, 5.41) is 18.3. The second-order valence-corrected chi connectivity index (χ2v) is 11.4. The Balaban J connectivity index is 1.99. The van der Waals surface area contributed by atoms with Crippen LogP contribution in [0, 0.1) is 11.2 Å². The number of nitrogens with one attached hydrogen (secondary N) is 2. The molecule has 0 aliphatic carbocycles. The number of fused-ring (bicyclic) bond motifs is 2. The minimum atomic E-state index is -1.55. The summed E-state index contributed by atoms with van der Waals surface area (Å²) in [6.07, 6.45) is 3.60. The van der Waals surface area contributed by atoms with E-state index in [1.807, 2.05) is 20.8 Å². The maximum atomic E-state index is 14.9. The van der Waals surface area contributed by atoms with Gasteiger partial charge in [0, 0.05) is 23.2 Å². The summed E-state index contributed by atoms with van der Waals surface area (Å²) in [5.74, 6) is -2.69. The molecular weight excluding hydrogens is 520 g/mol. The first-order valence-electron chi connectivity index (χ1n) is 11.8. The molecule has 37 heavy (non-hydrogen) atoms. The third-order valence-electron chi connectivity index (χ3n) is 6.96. The minimum Gasteiger partial charge on any atom is -0.351 e. The van der Waals surface area contributed by atoms with Crippen LogP contribution in [0.5, 0.6) is 0 Å². The summed E-state index contributed by atoms with van der Waals surface area (Å²) in [6, 6.07) is 7.16. The molecule has 0 aromatic heterocycles. The van der Waals surface area contributed by atoms with Crippen molar-refractivity contribution >= 4 is 47.0 Å². The van der Waals surface area contributed by atoms with E-state index in [4.69, 9.17) is 23.2 Å². The van der Waals surface area contributed by atoms with Gasteiger partial charge < -0.3 is 15.8 Å². The Morgan fingerprint density at radius 2 is 2.00 bits per heavy atom. The number of halogens is 3. The van der Waals surface area contributed by atoms with Gasteiger partial charge in [0.2, 0.25) is 11.8 Å². The number of anilines is 1. The Kier molecular flexibility index (Phi) is 7.50. The van der Waals surface area contributed by atoms with Crippen LogP contribution in [-0.2, 0) is 19.8 Å². The number of rotatable bonds is 6. The van der Waals surface area contributed by atoms with E-state index in [1.54, 1.807) is 24.3 Å². The molecule has 2 aliphatic heterocycles. The molecule has 2 aliphatic rings. The van der Waals surface area contributed by atoms with Gasteiger partial charge in [-0.05, 0) is 53.3 Å². The third-order valence-corrected chi connectivity index (χ3v) is 7.48. The average Bonchev–Trinajstić information content (AvgIpc) is 3.22. The number of allylic oxidation sites excluding steroid dienone is 1. The molecule has 4 rings (SSSR count). The number of nitrogens with zero attached hydrogens (tertiary/aromatic N) is 1. The van der Waals surface area contributed by atoms with E-state index in [2.05, 4.69) is 10.6 Å². The molecule has 7 nitrogen and oxygen atoms in total. The predicted octanol–water partition coefficient (Wildman–Crippen LogP) is 4.86. The van der Waals surface area contributed by atoms with Crippen LogP contribution in [0.25, 0.3) is 0 Å². The summed E-state index contributed by atoms with van der Waals surface area (Å²) in [4.78, 5) is 38.2. The van der Waals surface area contributed by atoms with E-state index in [0.717, 1.165) is 5.06 Å². The van der Waals surface area contributed by atoms with Crippen LogP contribution in [0.4, 0.5) is 10.1 Å². The van der Waals surface area contributed by atoms with Crippen molar-refractivity contribution in [2.45, 2.75) is 50.6 Å². The molecular formula is C27H28Cl2FN3O4. The maximum absolute atomic E-state index is 14.9. The first-order chi connectivity index (χ1) is 17.4. The maximum Gasteiger partial charge on any atom is 0.240 e. The summed E-state index contributed by atoms with van der Waals surface area (Å²) in [6.45, 7) is 5.90. The number of hydrogen-bond acceptors (Lipinski definition) is 5. The number of hydrogen-bond donors (Lipinski definition) is 3. The van der Waals surface area contributed by atoms with Crippen LogP contribution in [0.15, 0.2) is 48.6 Å². The van der Waals surface area contributed by atoms with E-state index in [9.17, 15) is 24.0 Å². The van der Waals surface area contributed by atoms with E-state index < -0.39 is 41.0 Å². The Morgan fingerprint density at radius 1 is 1.27 bits per heavy atom. The molecule has 196 valence electrons. The SMILES string of the molecule is CC(C)(C)CC1N(O)C(C(=O)NC/C=C/C=O)C(c2cccc(Cl)c2)C12C(=O)Nc1cc(Cl)c(F)cc12. The van der Waals surface area contributed by atoms with Crippen molar-refractivity contribution in [3.63, 3.8) is 0 Å². The molecule has 2 aromatic rings. The molecule has 1 spiro atoms. The van der Waals surface area contributed by atoms with E-state index >= 15 is 0 Å². The fraction of sp³-hybridized carbons (Fsp3) is 0.370. The van der Waals surface area contributed by atoms with Crippen molar-refractivity contribution in [2.75, 3.05) is 11.9 Å². The second-order valence-electron chi connectivity index (χ2n) is 10.6. The molecule has 0 radical (unpaired) electrons. The summed E-state index contributed by atoms with van der Waals surface area (Å²) in [7, 11) is 0. The van der Waals surface area contributed by atoms with Gasteiger partial charge in [0.1, 0.15) is 23.6 Å². The molecule has 1 fully saturated rings. The lowest BCUT2D eigenvalue weighted by molar-refractivity contribution is -0.164. The lowest BCUT2D eigenvalue weighted by Gasteiger charge is -2.38. The zero-order valence-electron chi connectivity index (χ0n) is 20.6. The van der Waals surface area contributed by atoms with Gasteiger partial charge in [-0.1, -0.05) is 62.2 Å². The number of amides is 2. The fourth-order valence-corrected chi connectivity index (χ4v) is 5.99. The largest absolute Gasteiger partial charge is 0.351 e. The molecule has 3 N–H and O–H groups in total. The van der Waals surface area contributed by atoms with Gasteiger partial charge in [0.15, 0.2) is 0 Å². The first-order valence-corrected chi connectivity index (χ1v) is 12.6. The fourth-order valence-electron chi connectivity index (χ4n) is 5.63. The highest BCUT2D eigenvalue weighted by Crippen LogP contribution is 2.59. The lowest BCUT2D eigenvalue weighted by Crippen LogP contribution is -2.50. The quantitative estimate of drug-likeness (QED) is 0.354. The van der Waals surface area contributed by atoms with Gasteiger partial charge in [-0.15, -0.1) is 0 Å². The van der Waals surface area contributed by atoms with Gasteiger partial charge in [-0.2, -0.15) is 5.06 Å². The topological polar surface area (TPSA) is 98.7 Å². The molecule has 2 aromatic carbocycles. The number of aldehydes is 1. The second kappa shape index (κ2) is 10.2. The number of benzene rings is 2. The van der Waals surface area contributed by atoms with Crippen molar-refractivity contribution in [2.24, 2.45) is 5.41 Å². The van der Waals surface area contributed by atoms with Gasteiger partial charge in [-0.25, -0.2) is 4.39 Å². The molecule has 2 amide bonds. The van der Waals surface area contributed by atoms with Gasteiger partial charge in [0.05, 0.1) is 11.1 Å². The van der Waals surface area contributed by atoms with Crippen molar-refractivity contribution in [3.8, 4) is 0 Å². The molecule has 10 heteroatoms. The van der Waals surface area contributed by atoms with Gasteiger partial charge in [0.25, 0.3) is 0 Å². The average molecular weight is 548 g/mol. The first kappa shape index (κ1) is 27.3. The molecule has 0 bridgehead atoms. The highest BCUT2D eigenvalue weighted by Gasteiger charge is 2.69. The summed E-state index contributed by atoms with van der Waals surface area (Å²) in [5.41, 5.74) is -0.762. The molecule has 4 atom stereocenters. The summed E-state index contributed by atoms with van der Waals surface area (Å²) < 4.78 is 14.9. The zero-order valence-corrected chi connectivity index (χ0v) is 22.1. The number of carbonyl (C=O) groups excluding carboxylic acids is 3. The van der Waals surface area contributed by atoms with Crippen LogP contribution in [0.2, 0.25) is 10.0 Å². The summed E-state index contributed by atoms with van der Waals surface area (Å²) >= 11 is 12.4. The normalized spacial score (nSPS) is 25.5. The monoisotopic (exact) mass is 547 g/mol. The Labute approximate surface area is 224 Å². The van der Waals surface area contributed by atoms with Crippen LogP contribution in [0.1, 0.15) is 44.2 Å². The number of carbonyl (C=O) groups is 3. The molecule has 0 saturated carbocycles. The van der Waals surface area contributed by atoms with Crippen molar-refractivity contribution in [1.29, 1.82) is 0 Å². The van der Waals surface area contributed by atoms with E-state index in [0.29, 0.717) is 34.5 Å². The smallest absolute Gasteiger partial charge is 0.240 e. The predicted molar refractivity (Wildman–Crippen MR) is 139 cm³/mol. The third kappa shape index (κ3) is 4.79. The van der Waals surface area contributed by atoms with E-state index in [1.165, 1.54) is 24.3 Å². The van der Waals surface area contributed by atoms with Crippen LogP contribution < -0.4 is 10.6 Å². The Bertz CT molecular complexity index is 1280. The molecule has 1 saturated heterocycles. The van der Waals surface area contributed by atoms with E-state index in [-0.39, 0.29) is 17.0 Å². The molecule has 4 unspecified atom stereocenters.